The molecule has 0 heterocycles. The van der Waals surface area contributed by atoms with E-state index in [0.717, 1.165) is 57.9 Å². The van der Waals surface area contributed by atoms with E-state index in [0.29, 0.717) is 6.42 Å². The molecule has 1 saturated carbocycles. The lowest BCUT2D eigenvalue weighted by molar-refractivity contribution is -0.232. The van der Waals surface area contributed by atoms with Gasteiger partial charge in [-0.3, -0.25) is 0 Å². The molecular formula is C21H33F3O2. The predicted molar refractivity (Wildman–Crippen MR) is 99.8 cm³/mol. The van der Waals surface area contributed by atoms with Gasteiger partial charge < -0.3 is 10.2 Å². The second-order valence-corrected chi connectivity index (χ2v) is 8.31. The SMILES string of the molecule is CC(C)(C/C=C\C(C)(O)C(F)(F)F)CCC/C=C/C=C1/CCC[C@H](O)C1. The minimum absolute atomic E-state index is 0.113. The minimum Gasteiger partial charge on any atom is -0.393 e. The van der Waals surface area contributed by atoms with Crippen molar-refractivity contribution in [1.82, 2.24) is 0 Å². The molecule has 0 aromatic heterocycles. The lowest BCUT2D eigenvalue weighted by Crippen LogP contribution is -2.40. The summed E-state index contributed by atoms with van der Waals surface area (Å²) >= 11 is 0. The highest BCUT2D eigenvalue weighted by Crippen LogP contribution is 2.33. The molecule has 1 unspecified atom stereocenters. The smallest absolute Gasteiger partial charge is 0.393 e. The third kappa shape index (κ3) is 8.54. The first-order chi connectivity index (χ1) is 11.9. The molecule has 2 nitrogen and oxygen atoms in total. The van der Waals surface area contributed by atoms with Crippen molar-refractivity contribution in [1.29, 1.82) is 0 Å². The maximum Gasteiger partial charge on any atom is 0.420 e. The van der Waals surface area contributed by atoms with Crippen LogP contribution in [0.15, 0.2) is 36.0 Å². The van der Waals surface area contributed by atoms with Gasteiger partial charge in [0, 0.05) is 0 Å². The number of unbranched alkanes of at least 4 members (excludes halogenated alkanes) is 1. The van der Waals surface area contributed by atoms with E-state index >= 15 is 0 Å². The van der Waals surface area contributed by atoms with Crippen molar-refractivity contribution in [2.45, 2.75) is 90.0 Å². The van der Waals surface area contributed by atoms with Crippen LogP contribution in [0.4, 0.5) is 13.2 Å². The molecule has 5 heteroatoms. The lowest BCUT2D eigenvalue weighted by atomic mass is 9.83. The summed E-state index contributed by atoms with van der Waals surface area (Å²) in [5.74, 6) is 0. The van der Waals surface area contributed by atoms with Gasteiger partial charge in [-0.2, -0.15) is 13.2 Å². The van der Waals surface area contributed by atoms with E-state index in [1.54, 1.807) is 0 Å². The molecule has 0 aliphatic heterocycles. The summed E-state index contributed by atoms with van der Waals surface area (Å²) in [5, 5.41) is 19.0. The van der Waals surface area contributed by atoms with Gasteiger partial charge in [0.05, 0.1) is 6.10 Å². The molecule has 2 atom stereocenters. The summed E-state index contributed by atoms with van der Waals surface area (Å²) in [4.78, 5) is 0. The largest absolute Gasteiger partial charge is 0.420 e. The van der Waals surface area contributed by atoms with Crippen LogP contribution in [0, 0.1) is 5.41 Å². The van der Waals surface area contributed by atoms with Gasteiger partial charge in [-0.25, -0.2) is 0 Å². The predicted octanol–water partition coefficient (Wildman–Crippen LogP) is 5.86. The molecule has 0 bridgehead atoms. The molecule has 26 heavy (non-hydrogen) atoms. The van der Waals surface area contributed by atoms with Gasteiger partial charge in [0.15, 0.2) is 5.60 Å². The first-order valence-electron chi connectivity index (χ1n) is 9.42. The number of aliphatic hydroxyl groups excluding tert-OH is 1. The van der Waals surface area contributed by atoms with Crippen LogP contribution in [-0.2, 0) is 0 Å². The van der Waals surface area contributed by atoms with E-state index in [9.17, 15) is 23.4 Å². The Morgan fingerprint density at radius 3 is 2.46 bits per heavy atom. The third-order valence-corrected chi connectivity index (χ3v) is 4.91. The molecule has 1 aliphatic rings. The first kappa shape index (κ1) is 23.0. The van der Waals surface area contributed by atoms with Crippen molar-refractivity contribution < 1.29 is 23.4 Å². The number of allylic oxidation sites excluding steroid dienone is 4. The minimum atomic E-state index is -4.65. The van der Waals surface area contributed by atoms with Crippen LogP contribution in [-0.4, -0.2) is 28.1 Å². The van der Waals surface area contributed by atoms with Gasteiger partial charge in [0.1, 0.15) is 0 Å². The quantitative estimate of drug-likeness (QED) is 0.413. The summed E-state index contributed by atoms with van der Waals surface area (Å²) in [6, 6.07) is 0. The Hall–Kier alpha value is -1.07. The Morgan fingerprint density at radius 1 is 1.15 bits per heavy atom. The van der Waals surface area contributed by atoms with Gasteiger partial charge in [-0.15, -0.1) is 0 Å². The molecule has 2 N–H and O–H groups in total. The third-order valence-electron chi connectivity index (χ3n) is 4.91. The van der Waals surface area contributed by atoms with E-state index in [1.807, 2.05) is 19.9 Å². The van der Waals surface area contributed by atoms with E-state index < -0.39 is 11.8 Å². The number of hydrogen-bond donors (Lipinski definition) is 2. The number of halogens is 3. The highest BCUT2D eigenvalue weighted by Gasteiger charge is 2.47. The number of alkyl halides is 3. The number of hydrogen-bond acceptors (Lipinski definition) is 2. The van der Waals surface area contributed by atoms with Crippen molar-refractivity contribution >= 4 is 0 Å². The molecule has 0 spiro atoms. The van der Waals surface area contributed by atoms with Crippen molar-refractivity contribution in [2.24, 2.45) is 5.41 Å². The zero-order chi connectivity index (χ0) is 19.8. The normalized spacial score (nSPS) is 23.8. The van der Waals surface area contributed by atoms with Crippen LogP contribution >= 0.6 is 0 Å². The Bertz CT molecular complexity index is 514. The maximum absolute atomic E-state index is 12.6. The zero-order valence-electron chi connectivity index (χ0n) is 16.1. The summed E-state index contributed by atoms with van der Waals surface area (Å²) in [6.07, 6.45) is 10.7. The monoisotopic (exact) mass is 374 g/mol. The zero-order valence-corrected chi connectivity index (χ0v) is 16.1. The molecule has 0 saturated heterocycles. The highest BCUT2D eigenvalue weighted by atomic mass is 19.4. The number of rotatable bonds is 8. The number of aliphatic hydroxyl groups is 2. The van der Waals surface area contributed by atoms with Gasteiger partial charge in [0.2, 0.25) is 0 Å². The topological polar surface area (TPSA) is 40.5 Å². The fourth-order valence-corrected chi connectivity index (χ4v) is 3.03. The molecule has 1 aliphatic carbocycles. The van der Waals surface area contributed by atoms with Crippen molar-refractivity contribution in [3.05, 3.63) is 36.0 Å². The van der Waals surface area contributed by atoms with Gasteiger partial charge in [-0.05, 0) is 69.8 Å². The Morgan fingerprint density at radius 2 is 1.85 bits per heavy atom. The summed E-state index contributed by atoms with van der Waals surface area (Å²) in [6.45, 7) is 4.81. The average molecular weight is 374 g/mol. The second-order valence-electron chi connectivity index (χ2n) is 8.31. The van der Waals surface area contributed by atoms with Crippen molar-refractivity contribution in [2.75, 3.05) is 0 Å². The molecule has 1 rings (SSSR count). The van der Waals surface area contributed by atoms with Crippen LogP contribution in [0.2, 0.25) is 0 Å². The Balaban J connectivity index is 2.33. The van der Waals surface area contributed by atoms with Gasteiger partial charge >= 0.3 is 6.18 Å². The van der Waals surface area contributed by atoms with Crippen LogP contribution in [0.5, 0.6) is 0 Å². The van der Waals surface area contributed by atoms with Crippen LogP contribution in [0.3, 0.4) is 0 Å². The first-order valence-corrected chi connectivity index (χ1v) is 9.42. The summed E-state index contributed by atoms with van der Waals surface area (Å²) < 4.78 is 37.8. The average Bonchev–Trinajstić information content (AvgIpc) is 2.49. The standard InChI is InChI=1S/C21H33F3O2/c1-19(2,14-9-15-20(3,26)21(22,23)24)13-7-5-4-6-10-17-11-8-12-18(25)16-17/h4,6,9-10,15,18,25-26H,5,7-8,11-14,16H2,1-3H3/b6-4+,15-9-,17-10-/t18-,20?/m0/s1. The highest BCUT2D eigenvalue weighted by molar-refractivity contribution is 5.15. The molecule has 1 fully saturated rings. The molecule has 150 valence electrons. The molecule has 0 aromatic rings. The van der Waals surface area contributed by atoms with E-state index in [-0.39, 0.29) is 11.5 Å². The van der Waals surface area contributed by atoms with Gasteiger partial charge in [0.25, 0.3) is 0 Å². The Kier molecular flexibility index (Phi) is 8.61. The molecule has 0 aromatic carbocycles. The fourth-order valence-electron chi connectivity index (χ4n) is 3.03. The molecular weight excluding hydrogens is 341 g/mol. The lowest BCUT2D eigenvalue weighted by Gasteiger charge is -2.25. The Labute approximate surface area is 155 Å². The summed E-state index contributed by atoms with van der Waals surface area (Å²) in [7, 11) is 0. The molecule has 0 radical (unpaired) electrons. The van der Waals surface area contributed by atoms with Crippen LogP contribution in [0.25, 0.3) is 0 Å². The van der Waals surface area contributed by atoms with Crippen molar-refractivity contribution in [3.8, 4) is 0 Å². The second kappa shape index (κ2) is 9.75. The van der Waals surface area contributed by atoms with E-state index in [2.05, 4.69) is 12.2 Å². The van der Waals surface area contributed by atoms with E-state index in [4.69, 9.17) is 0 Å². The summed E-state index contributed by atoms with van der Waals surface area (Å²) in [5.41, 5.74) is -1.59. The van der Waals surface area contributed by atoms with Crippen molar-refractivity contribution in [3.63, 3.8) is 0 Å². The maximum atomic E-state index is 12.6. The van der Waals surface area contributed by atoms with E-state index in [1.165, 1.54) is 11.6 Å². The molecule has 0 amide bonds. The van der Waals surface area contributed by atoms with Crippen LogP contribution < -0.4 is 0 Å². The van der Waals surface area contributed by atoms with Gasteiger partial charge in [-0.1, -0.05) is 43.7 Å². The van der Waals surface area contributed by atoms with Crippen LogP contribution in [0.1, 0.15) is 72.1 Å². The fraction of sp³-hybridized carbons (Fsp3) is 0.714.